The van der Waals surface area contributed by atoms with Crippen molar-refractivity contribution in [3.8, 4) is 0 Å². The molecule has 0 aromatic rings. The molecule has 1 atom stereocenters. The molecule has 0 bridgehead atoms. The smallest absolute Gasteiger partial charge is 0.272 e. The van der Waals surface area contributed by atoms with Crippen LogP contribution < -0.4 is 0 Å². The molecule has 1 aliphatic rings. The Balaban J connectivity index is 2.93. The van der Waals surface area contributed by atoms with Crippen LogP contribution in [0.4, 0.5) is 8.78 Å². The van der Waals surface area contributed by atoms with E-state index in [1.54, 1.807) is 13.0 Å². The number of carbonyl (C=O) groups is 1. The third kappa shape index (κ3) is 4.46. The summed E-state index contributed by atoms with van der Waals surface area (Å²) in [4.78, 5) is 21.0. The van der Waals surface area contributed by atoms with Crippen molar-refractivity contribution in [3.63, 3.8) is 0 Å². The Morgan fingerprint density at radius 2 is 2.05 bits per heavy atom. The van der Waals surface area contributed by atoms with E-state index in [-0.39, 0.29) is 17.6 Å². The molecule has 1 saturated heterocycles. The molecule has 1 fully saturated rings. The molecule has 1 heterocycles. The summed E-state index contributed by atoms with van der Waals surface area (Å²) in [6.45, 7) is 10.8. The van der Waals surface area contributed by atoms with Gasteiger partial charge >= 0.3 is 0 Å². The van der Waals surface area contributed by atoms with E-state index in [0.717, 1.165) is 5.57 Å². The molecule has 1 amide bonds. The maximum absolute atomic E-state index is 12.6. The van der Waals surface area contributed by atoms with Gasteiger partial charge in [0.25, 0.3) is 12.3 Å². The number of alkyl halides is 2. The van der Waals surface area contributed by atoms with Crippen LogP contribution in [-0.4, -0.2) is 36.8 Å². The first kappa shape index (κ1) is 17.5. The Morgan fingerprint density at radius 1 is 1.43 bits per heavy atom. The number of hydrogen-bond donors (Lipinski definition) is 0. The maximum atomic E-state index is 12.6. The van der Waals surface area contributed by atoms with Crippen LogP contribution >= 0.6 is 0 Å². The van der Waals surface area contributed by atoms with Crippen LogP contribution in [0.25, 0.3) is 0 Å². The highest BCUT2D eigenvalue weighted by Crippen LogP contribution is 2.28. The van der Waals surface area contributed by atoms with E-state index in [0.29, 0.717) is 13.0 Å². The number of halogens is 2. The summed E-state index contributed by atoms with van der Waals surface area (Å²) >= 11 is 0. The fraction of sp³-hybridized carbons (Fsp3) is 0.600. The summed E-state index contributed by atoms with van der Waals surface area (Å²) in [5.41, 5.74) is -0.177. The van der Waals surface area contributed by atoms with Gasteiger partial charge in [-0.2, -0.15) is 0 Å². The number of hydrogen-bond acceptors (Lipinski definition) is 3. The number of nitrogens with zero attached hydrogens (tertiary/aromatic N) is 2. The van der Waals surface area contributed by atoms with Crippen molar-refractivity contribution in [2.24, 2.45) is 10.4 Å². The minimum absolute atomic E-state index is 0.127. The molecule has 0 aromatic carbocycles. The number of hydroxylamine groups is 2. The topological polar surface area (TPSA) is 41.9 Å². The zero-order chi connectivity index (χ0) is 16.2. The standard InChI is InChI=1S/C15H22F2N2O2/c1-10(6-7-11(18-5)13(16)17)12-8-9-21-19(12)14(20)15(2,3)4/h6-7,12-13H,5,8-9H2,1-4H3/b10-6+,11-7-/t12-/m0/s1. The van der Waals surface area contributed by atoms with E-state index in [1.165, 1.54) is 11.1 Å². The zero-order valence-corrected chi connectivity index (χ0v) is 12.9. The van der Waals surface area contributed by atoms with Gasteiger partial charge in [-0.15, -0.1) is 0 Å². The van der Waals surface area contributed by atoms with Crippen LogP contribution in [0.1, 0.15) is 34.1 Å². The molecule has 0 aromatic heterocycles. The van der Waals surface area contributed by atoms with Crippen LogP contribution in [-0.2, 0) is 9.63 Å². The number of aliphatic imine (C=N–C) groups is 1. The van der Waals surface area contributed by atoms with Gasteiger partial charge in [-0.25, -0.2) is 13.8 Å². The molecule has 1 aliphatic heterocycles. The van der Waals surface area contributed by atoms with Gasteiger partial charge < -0.3 is 0 Å². The average Bonchev–Trinajstić information content (AvgIpc) is 2.85. The lowest BCUT2D eigenvalue weighted by Gasteiger charge is -2.29. The normalized spacial score (nSPS) is 21.1. The Kier molecular flexibility index (Phi) is 5.78. The van der Waals surface area contributed by atoms with Crippen molar-refractivity contribution in [1.29, 1.82) is 0 Å². The number of carbonyl (C=O) groups excluding carboxylic acids is 1. The van der Waals surface area contributed by atoms with Crippen molar-refractivity contribution in [3.05, 3.63) is 23.4 Å². The van der Waals surface area contributed by atoms with Gasteiger partial charge in [0.15, 0.2) is 0 Å². The molecule has 21 heavy (non-hydrogen) atoms. The summed E-state index contributed by atoms with van der Waals surface area (Å²) < 4.78 is 25.1. The highest BCUT2D eigenvalue weighted by Gasteiger charge is 2.37. The van der Waals surface area contributed by atoms with E-state index < -0.39 is 11.8 Å². The van der Waals surface area contributed by atoms with Gasteiger partial charge in [0.2, 0.25) is 0 Å². The molecule has 0 unspecified atom stereocenters. The lowest BCUT2D eigenvalue weighted by atomic mass is 9.94. The van der Waals surface area contributed by atoms with Crippen molar-refractivity contribution < 1.29 is 18.4 Å². The largest absolute Gasteiger partial charge is 0.280 e. The fourth-order valence-electron chi connectivity index (χ4n) is 1.94. The molecule has 6 heteroatoms. The number of amides is 1. The monoisotopic (exact) mass is 300 g/mol. The number of rotatable bonds is 4. The summed E-state index contributed by atoms with van der Waals surface area (Å²) in [7, 11) is 0. The van der Waals surface area contributed by atoms with Crippen molar-refractivity contribution in [1.82, 2.24) is 5.06 Å². The second-order valence-electron chi connectivity index (χ2n) is 5.98. The third-order valence-corrected chi connectivity index (χ3v) is 3.20. The Labute approximate surface area is 124 Å². The molecule has 1 rings (SSSR count). The molecule has 0 radical (unpaired) electrons. The minimum Gasteiger partial charge on any atom is -0.272 e. The predicted octanol–water partition coefficient (Wildman–Crippen LogP) is 3.36. The molecule has 0 N–H and O–H groups in total. The molecule has 4 nitrogen and oxygen atoms in total. The predicted molar refractivity (Wildman–Crippen MR) is 78.1 cm³/mol. The second kappa shape index (κ2) is 6.93. The maximum Gasteiger partial charge on any atom is 0.280 e. The Morgan fingerprint density at radius 3 is 2.52 bits per heavy atom. The lowest BCUT2D eigenvalue weighted by molar-refractivity contribution is -0.183. The van der Waals surface area contributed by atoms with Gasteiger partial charge in [-0.1, -0.05) is 26.8 Å². The Hall–Kier alpha value is -1.56. The lowest BCUT2D eigenvalue weighted by Crippen LogP contribution is -2.42. The van der Waals surface area contributed by atoms with Gasteiger partial charge in [-0.3, -0.25) is 14.6 Å². The summed E-state index contributed by atoms with van der Waals surface area (Å²) in [6, 6.07) is -0.239. The Bertz CT molecular complexity index is 465. The first-order valence-electron chi connectivity index (χ1n) is 6.78. The molecule has 0 aliphatic carbocycles. The second-order valence-corrected chi connectivity index (χ2v) is 5.98. The van der Waals surface area contributed by atoms with E-state index in [9.17, 15) is 13.6 Å². The van der Waals surface area contributed by atoms with Crippen LogP contribution in [0.3, 0.4) is 0 Å². The minimum atomic E-state index is -2.67. The SMILES string of the molecule is C=N/C(=C\C=C(/C)[C@@H]1CCON1C(=O)C(C)(C)C)C(F)F. The molecule has 118 valence electrons. The van der Waals surface area contributed by atoms with Gasteiger partial charge in [0.1, 0.15) is 5.70 Å². The average molecular weight is 300 g/mol. The highest BCUT2D eigenvalue weighted by atomic mass is 19.3. The quantitative estimate of drug-likeness (QED) is 0.590. The first-order valence-corrected chi connectivity index (χ1v) is 6.78. The van der Waals surface area contributed by atoms with Crippen LogP contribution in [0, 0.1) is 5.41 Å². The van der Waals surface area contributed by atoms with E-state index in [2.05, 4.69) is 11.7 Å². The summed E-state index contributed by atoms with van der Waals surface area (Å²) in [5.74, 6) is -0.127. The van der Waals surface area contributed by atoms with Gasteiger partial charge in [0, 0.05) is 11.8 Å². The van der Waals surface area contributed by atoms with Crippen LogP contribution in [0.5, 0.6) is 0 Å². The highest BCUT2D eigenvalue weighted by molar-refractivity contribution is 5.81. The fourth-order valence-corrected chi connectivity index (χ4v) is 1.94. The molecule has 0 saturated carbocycles. The number of allylic oxidation sites excluding steroid dienone is 3. The molecule has 0 spiro atoms. The van der Waals surface area contributed by atoms with Gasteiger partial charge in [0.05, 0.1) is 12.6 Å². The summed E-state index contributed by atoms with van der Waals surface area (Å²) in [5, 5.41) is 1.35. The van der Waals surface area contributed by atoms with E-state index in [1.807, 2.05) is 20.8 Å². The van der Waals surface area contributed by atoms with Crippen LogP contribution in [0.2, 0.25) is 0 Å². The van der Waals surface area contributed by atoms with Crippen LogP contribution in [0.15, 0.2) is 28.4 Å². The third-order valence-electron chi connectivity index (χ3n) is 3.20. The summed E-state index contributed by atoms with van der Waals surface area (Å²) in [6.07, 6.45) is 0.742. The van der Waals surface area contributed by atoms with E-state index >= 15 is 0 Å². The van der Waals surface area contributed by atoms with Gasteiger partial charge in [-0.05, 0) is 25.3 Å². The van der Waals surface area contributed by atoms with Crippen molar-refractivity contribution in [2.45, 2.75) is 46.6 Å². The van der Waals surface area contributed by atoms with Crippen molar-refractivity contribution in [2.75, 3.05) is 6.61 Å². The molecular weight excluding hydrogens is 278 g/mol. The zero-order valence-electron chi connectivity index (χ0n) is 12.9. The van der Waals surface area contributed by atoms with E-state index in [4.69, 9.17) is 4.84 Å². The first-order chi connectivity index (χ1) is 9.68. The molecular formula is C15H22F2N2O2. The van der Waals surface area contributed by atoms with Crippen molar-refractivity contribution >= 4 is 12.6 Å².